The fraction of sp³-hybridized carbons (Fsp3) is 0.600. The summed E-state index contributed by atoms with van der Waals surface area (Å²) in [6.07, 6.45) is 3.21. The zero-order chi connectivity index (χ0) is 13.6. The molecule has 3 heteroatoms. The third-order valence-electron chi connectivity index (χ3n) is 3.12. The highest BCUT2D eigenvalue weighted by Gasteiger charge is 2.14. The highest BCUT2D eigenvalue weighted by molar-refractivity contribution is 5.27. The Morgan fingerprint density at radius 1 is 1.22 bits per heavy atom. The molecule has 0 saturated heterocycles. The number of nitrogens with two attached hydrogens (primary N) is 1. The molecule has 102 valence electrons. The largest absolute Gasteiger partial charge is 0.497 e. The van der Waals surface area contributed by atoms with Crippen molar-refractivity contribution in [2.75, 3.05) is 7.11 Å². The lowest BCUT2D eigenvalue weighted by atomic mass is 9.87. The fourth-order valence-electron chi connectivity index (χ4n) is 1.90. The summed E-state index contributed by atoms with van der Waals surface area (Å²) >= 11 is 0. The number of hydrogen-bond acceptors (Lipinski definition) is 3. The monoisotopic (exact) mass is 250 g/mol. The molecule has 0 saturated carbocycles. The second-order valence-corrected chi connectivity index (χ2v) is 6.02. The normalized spacial score (nSPS) is 13.4. The maximum Gasteiger partial charge on any atom is 0.118 e. The molecule has 0 heterocycles. The van der Waals surface area contributed by atoms with Crippen molar-refractivity contribution in [2.24, 2.45) is 11.3 Å². The first-order valence-electron chi connectivity index (χ1n) is 6.53. The van der Waals surface area contributed by atoms with Gasteiger partial charge in [-0.15, -0.1) is 0 Å². The summed E-state index contributed by atoms with van der Waals surface area (Å²) in [4.78, 5) is 0. The number of nitrogens with one attached hydrogen (secondary N) is 1. The van der Waals surface area contributed by atoms with E-state index in [1.807, 2.05) is 12.1 Å². The van der Waals surface area contributed by atoms with Crippen LogP contribution in [0.25, 0.3) is 0 Å². The van der Waals surface area contributed by atoms with Crippen molar-refractivity contribution < 1.29 is 4.74 Å². The molecule has 0 aliphatic heterocycles. The molecule has 1 unspecified atom stereocenters. The van der Waals surface area contributed by atoms with Crippen molar-refractivity contribution in [2.45, 2.75) is 46.1 Å². The van der Waals surface area contributed by atoms with Gasteiger partial charge in [-0.05, 0) is 42.4 Å². The number of hydrogen-bond donors (Lipinski definition) is 2. The summed E-state index contributed by atoms with van der Waals surface area (Å²) in [6, 6.07) is 8.51. The molecule has 18 heavy (non-hydrogen) atoms. The molecule has 1 aromatic carbocycles. The average molecular weight is 250 g/mol. The molecular formula is C15H26N2O. The quantitative estimate of drug-likeness (QED) is 0.603. The smallest absolute Gasteiger partial charge is 0.118 e. The Morgan fingerprint density at radius 3 is 2.28 bits per heavy atom. The van der Waals surface area contributed by atoms with E-state index in [0.29, 0.717) is 11.5 Å². The molecule has 0 fully saturated rings. The summed E-state index contributed by atoms with van der Waals surface area (Å²) in [5.74, 6) is 6.53. The summed E-state index contributed by atoms with van der Waals surface area (Å²) in [6.45, 7) is 6.77. The highest BCUT2D eigenvalue weighted by Crippen LogP contribution is 2.22. The first-order valence-corrected chi connectivity index (χ1v) is 6.53. The molecular weight excluding hydrogens is 224 g/mol. The van der Waals surface area contributed by atoms with Crippen LogP contribution in [0.2, 0.25) is 0 Å². The van der Waals surface area contributed by atoms with Crippen LogP contribution in [0.3, 0.4) is 0 Å². The van der Waals surface area contributed by atoms with Gasteiger partial charge in [0.25, 0.3) is 0 Å². The molecule has 0 radical (unpaired) electrons. The Morgan fingerprint density at radius 2 is 1.83 bits per heavy atom. The molecule has 1 aromatic rings. The third-order valence-corrected chi connectivity index (χ3v) is 3.12. The van der Waals surface area contributed by atoms with Gasteiger partial charge in [0.05, 0.1) is 7.11 Å². The van der Waals surface area contributed by atoms with E-state index in [-0.39, 0.29) is 0 Å². The molecule has 0 aliphatic rings. The van der Waals surface area contributed by atoms with Crippen molar-refractivity contribution in [3.8, 4) is 5.75 Å². The van der Waals surface area contributed by atoms with Gasteiger partial charge < -0.3 is 4.74 Å². The molecule has 3 nitrogen and oxygen atoms in total. The standard InChI is InChI=1S/C15H26N2O/c1-15(2,3)10-9-13(17-16)11-12-5-7-14(18-4)8-6-12/h5-8,13,17H,9-11,16H2,1-4H3. The van der Waals surface area contributed by atoms with E-state index >= 15 is 0 Å². The van der Waals surface area contributed by atoms with Crippen LogP contribution >= 0.6 is 0 Å². The van der Waals surface area contributed by atoms with Crippen LogP contribution in [-0.2, 0) is 6.42 Å². The fourth-order valence-corrected chi connectivity index (χ4v) is 1.90. The zero-order valence-electron chi connectivity index (χ0n) is 12.0. The lowest BCUT2D eigenvalue weighted by molar-refractivity contribution is 0.330. The number of methoxy groups -OCH3 is 1. The van der Waals surface area contributed by atoms with Gasteiger partial charge in [-0.3, -0.25) is 11.3 Å². The minimum absolute atomic E-state index is 0.331. The van der Waals surface area contributed by atoms with Crippen LogP contribution in [0.1, 0.15) is 39.2 Å². The summed E-state index contributed by atoms with van der Waals surface area (Å²) < 4.78 is 5.15. The summed E-state index contributed by atoms with van der Waals surface area (Å²) in [5.41, 5.74) is 4.56. The van der Waals surface area contributed by atoms with E-state index < -0.39 is 0 Å². The first-order chi connectivity index (χ1) is 8.44. The van der Waals surface area contributed by atoms with Gasteiger partial charge in [0, 0.05) is 6.04 Å². The van der Waals surface area contributed by atoms with Gasteiger partial charge in [-0.25, -0.2) is 0 Å². The Kier molecular flexibility index (Phi) is 5.63. The van der Waals surface area contributed by atoms with E-state index in [1.54, 1.807) is 7.11 Å². The third kappa shape index (κ3) is 5.52. The van der Waals surface area contributed by atoms with Gasteiger partial charge in [0.2, 0.25) is 0 Å². The van der Waals surface area contributed by atoms with Crippen LogP contribution in [0.4, 0.5) is 0 Å². The van der Waals surface area contributed by atoms with Crippen LogP contribution in [0.5, 0.6) is 5.75 Å². The maximum atomic E-state index is 5.63. The van der Waals surface area contributed by atoms with Gasteiger partial charge >= 0.3 is 0 Å². The molecule has 0 aromatic heterocycles. The van der Waals surface area contributed by atoms with Crippen LogP contribution < -0.4 is 16.0 Å². The lowest BCUT2D eigenvalue weighted by Crippen LogP contribution is -2.37. The molecule has 1 rings (SSSR count). The van der Waals surface area contributed by atoms with Crippen LogP contribution in [-0.4, -0.2) is 13.2 Å². The molecule has 3 N–H and O–H groups in total. The Bertz CT molecular complexity index is 341. The van der Waals surface area contributed by atoms with E-state index in [4.69, 9.17) is 10.6 Å². The molecule has 0 spiro atoms. The molecule has 0 bridgehead atoms. The number of rotatable bonds is 6. The molecule has 1 atom stereocenters. The van der Waals surface area contributed by atoms with Crippen LogP contribution in [0, 0.1) is 5.41 Å². The van der Waals surface area contributed by atoms with Crippen molar-refractivity contribution >= 4 is 0 Å². The van der Waals surface area contributed by atoms with Gasteiger partial charge in [0.15, 0.2) is 0 Å². The number of hydrazine groups is 1. The SMILES string of the molecule is COc1ccc(CC(CCC(C)(C)C)NN)cc1. The van der Waals surface area contributed by atoms with E-state index in [2.05, 4.69) is 38.3 Å². The number of ether oxygens (including phenoxy) is 1. The van der Waals surface area contributed by atoms with E-state index in [9.17, 15) is 0 Å². The Labute approximate surface area is 111 Å². The highest BCUT2D eigenvalue weighted by atomic mass is 16.5. The van der Waals surface area contributed by atoms with Crippen molar-refractivity contribution in [3.63, 3.8) is 0 Å². The van der Waals surface area contributed by atoms with Gasteiger partial charge in [0.1, 0.15) is 5.75 Å². The van der Waals surface area contributed by atoms with E-state index in [0.717, 1.165) is 25.0 Å². The second kappa shape index (κ2) is 6.76. The van der Waals surface area contributed by atoms with Crippen LogP contribution in [0.15, 0.2) is 24.3 Å². The zero-order valence-corrected chi connectivity index (χ0v) is 12.0. The lowest BCUT2D eigenvalue weighted by Gasteiger charge is -2.22. The molecule has 0 aliphatic carbocycles. The second-order valence-electron chi connectivity index (χ2n) is 6.02. The first kappa shape index (κ1) is 15.0. The van der Waals surface area contributed by atoms with Gasteiger partial charge in [-0.2, -0.15) is 0 Å². The Balaban J connectivity index is 2.51. The minimum Gasteiger partial charge on any atom is -0.497 e. The number of benzene rings is 1. The van der Waals surface area contributed by atoms with Crippen molar-refractivity contribution in [1.29, 1.82) is 0 Å². The van der Waals surface area contributed by atoms with Crippen molar-refractivity contribution in [1.82, 2.24) is 5.43 Å². The summed E-state index contributed by atoms with van der Waals surface area (Å²) in [7, 11) is 1.68. The average Bonchev–Trinajstić information content (AvgIpc) is 2.34. The van der Waals surface area contributed by atoms with Crippen molar-refractivity contribution in [3.05, 3.63) is 29.8 Å². The predicted octanol–water partition coefficient (Wildman–Crippen LogP) is 2.90. The van der Waals surface area contributed by atoms with E-state index in [1.165, 1.54) is 5.56 Å². The minimum atomic E-state index is 0.331. The Hall–Kier alpha value is -1.06. The van der Waals surface area contributed by atoms with Gasteiger partial charge in [-0.1, -0.05) is 32.9 Å². The molecule has 0 amide bonds. The predicted molar refractivity (Wildman–Crippen MR) is 76.5 cm³/mol. The summed E-state index contributed by atoms with van der Waals surface area (Å²) in [5, 5.41) is 0. The maximum absolute atomic E-state index is 5.63. The topological polar surface area (TPSA) is 47.3 Å².